The van der Waals surface area contributed by atoms with Gasteiger partial charge in [-0.3, -0.25) is 9.59 Å². The Bertz CT molecular complexity index is 781. The predicted octanol–water partition coefficient (Wildman–Crippen LogP) is 0.616. The van der Waals surface area contributed by atoms with Crippen LogP contribution >= 0.6 is 11.8 Å². The van der Waals surface area contributed by atoms with Crippen molar-refractivity contribution in [2.45, 2.75) is 45.8 Å². The molecule has 1 unspecified atom stereocenters. The van der Waals surface area contributed by atoms with Crippen LogP contribution < -0.4 is 11.2 Å². The average Bonchev–Trinajstić information content (AvgIpc) is 3.04. The molecule has 25 heavy (non-hydrogen) atoms. The third-order valence-electron chi connectivity index (χ3n) is 3.60. The summed E-state index contributed by atoms with van der Waals surface area (Å²) in [6, 6.07) is 1.41. The largest absolute Gasteiger partial charge is 0.345 e. The molecular weight excluding hydrogens is 342 g/mol. The molecule has 0 saturated heterocycles. The Morgan fingerprint density at radius 3 is 2.52 bits per heavy atom. The van der Waals surface area contributed by atoms with Crippen molar-refractivity contribution in [2.75, 3.05) is 11.6 Å². The van der Waals surface area contributed by atoms with Crippen LogP contribution in [0.3, 0.4) is 0 Å². The number of thioether (sulfide) groups is 1. The monoisotopic (exact) mass is 365 g/mol. The summed E-state index contributed by atoms with van der Waals surface area (Å²) < 4.78 is 2.89. The highest BCUT2D eigenvalue weighted by Gasteiger charge is 2.21. The molecule has 0 fully saturated rings. The Hall–Kier alpha value is -2.36. The summed E-state index contributed by atoms with van der Waals surface area (Å²) in [5.74, 6) is 6.19. The number of hydrogen-bond donors (Lipinski definition) is 2. The first-order valence-corrected chi connectivity index (χ1v) is 8.86. The zero-order chi connectivity index (χ0) is 18.7. The summed E-state index contributed by atoms with van der Waals surface area (Å²) in [5, 5.41) is 15.5. The Labute approximate surface area is 150 Å². The van der Waals surface area contributed by atoms with Crippen LogP contribution in [0.5, 0.6) is 0 Å². The number of nitrogens with two attached hydrogens (primary N) is 1. The van der Waals surface area contributed by atoms with Gasteiger partial charge in [-0.1, -0.05) is 25.6 Å². The number of carbonyl (C=O) groups is 2. The normalized spacial score (nSPS) is 12.4. The van der Waals surface area contributed by atoms with Gasteiger partial charge in [0.25, 0.3) is 5.95 Å². The maximum Gasteiger partial charge on any atom is 0.271 e. The molecule has 136 valence electrons. The molecule has 1 atom stereocenters. The van der Waals surface area contributed by atoms with Gasteiger partial charge in [0.2, 0.25) is 11.1 Å². The van der Waals surface area contributed by atoms with Gasteiger partial charge in [0.05, 0.1) is 17.5 Å². The van der Waals surface area contributed by atoms with Crippen molar-refractivity contribution in [3.63, 3.8) is 0 Å². The SMILES string of the molecule is CC(=O)C(NC(=O)CSc1nnc(-n2nc(C)cc2C)n1N)C(C)C. The summed E-state index contributed by atoms with van der Waals surface area (Å²) >= 11 is 1.15. The smallest absolute Gasteiger partial charge is 0.271 e. The third kappa shape index (κ3) is 4.38. The Kier molecular flexibility index (Phi) is 5.83. The van der Waals surface area contributed by atoms with Crippen molar-refractivity contribution in [3.05, 3.63) is 17.5 Å². The van der Waals surface area contributed by atoms with Crippen LogP contribution in [-0.4, -0.2) is 48.1 Å². The molecule has 2 heterocycles. The molecule has 2 rings (SSSR count). The third-order valence-corrected chi connectivity index (χ3v) is 4.54. The fraction of sp³-hybridized carbons (Fsp3) is 0.533. The van der Waals surface area contributed by atoms with E-state index in [1.165, 1.54) is 11.6 Å². The van der Waals surface area contributed by atoms with Gasteiger partial charge in [-0.2, -0.15) is 5.10 Å². The van der Waals surface area contributed by atoms with E-state index in [1.54, 1.807) is 4.68 Å². The fourth-order valence-electron chi connectivity index (χ4n) is 2.43. The predicted molar refractivity (Wildman–Crippen MR) is 94.9 cm³/mol. The number of carbonyl (C=O) groups excluding carboxylic acids is 2. The molecule has 3 N–H and O–H groups in total. The van der Waals surface area contributed by atoms with Crippen LogP contribution in [0.25, 0.3) is 5.95 Å². The van der Waals surface area contributed by atoms with Crippen molar-refractivity contribution < 1.29 is 9.59 Å². The highest BCUT2D eigenvalue weighted by Crippen LogP contribution is 2.17. The highest BCUT2D eigenvalue weighted by molar-refractivity contribution is 7.99. The zero-order valence-corrected chi connectivity index (χ0v) is 15.8. The van der Waals surface area contributed by atoms with Crippen LogP contribution in [-0.2, 0) is 9.59 Å². The quantitative estimate of drug-likeness (QED) is 0.545. The highest BCUT2D eigenvalue weighted by atomic mass is 32.2. The maximum absolute atomic E-state index is 12.1. The average molecular weight is 365 g/mol. The molecule has 1 amide bonds. The van der Waals surface area contributed by atoms with Crippen molar-refractivity contribution in [1.29, 1.82) is 0 Å². The van der Waals surface area contributed by atoms with Crippen LogP contribution in [0.15, 0.2) is 11.2 Å². The summed E-state index contributed by atoms with van der Waals surface area (Å²) in [6.45, 7) is 9.01. The van der Waals surface area contributed by atoms with Crippen LogP contribution in [0.2, 0.25) is 0 Å². The summed E-state index contributed by atoms with van der Waals surface area (Å²) in [5.41, 5.74) is 1.73. The van der Waals surface area contributed by atoms with E-state index in [2.05, 4.69) is 20.6 Å². The van der Waals surface area contributed by atoms with Gasteiger partial charge in [-0.05, 0) is 32.8 Å². The summed E-state index contributed by atoms with van der Waals surface area (Å²) in [6.07, 6.45) is 0. The van der Waals surface area contributed by atoms with E-state index in [-0.39, 0.29) is 23.4 Å². The van der Waals surface area contributed by atoms with Gasteiger partial charge in [-0.25, -0.2) is 9.36 Å². The lowest BCUT2D eigenvalue weighted by Crippen LogP contribution is -2.44. The minimum Gasteiger partial charge on any atom is -0.345 e. The number of aryl methyl sites for hydroxylation is 2. The van der Waals surface area contributed by atoms with E-state index < -0.39 is 6.04 Å². The molecule has 9 nitrogen and oxygen atoms in total. The molecule has 0 aliphatic rings. The number of ketones is 1. The molecule has 10 heteroatoms. The van der Waals surface area contributed by atoms with Gasteiger partial charge in [0.1, 0.15) is 0 Å². The molecule has 0 bridgehead atoms. The van der Waals surface area contributed by atoms with Crippen molar-refractivity contribution in [1.82, 2.24) is 30.0 Å². The Morgan fingerprint density at radius 2 is 2.00 bits per heavy atom. The first-order chi connectivity index (χ1) is 11.7. The molecule has 0 aliphatic carbocycles. The standard InChI is InChI=1S/C15H23N7O2S/c1-8(2)13(11(5)23)17-12(24)7-25-15-19-18-14(21(15)16)22-10(4)6-9(3)20-22/h6,8,13H,7,16H2,1-5H3,(H,17,24). The second kappa shape index (κ2) is 7.68. The second-order valence-electron chi connectivity index (χ2n) is 6.18. The van der Waals surface area contributed by atoms with Gasteiger partial charge in [0.15, 0.2) is 5.78 Å². The first-order valence-electron chi connectivity index (χ1n) is 7.87. The van der Waals surface area contributed by atoms with Gasteiger partial charge in [0, 0.05) is 5.69 Å². The molecule has 2 aromatic heterocycles. The molecule has 0 radical (unpaired) electrons. The van der Waals surface area contributed by atoms with E-state index in [1.807, 2.05) is 33.8 Å². The van der Waals surface area contributed by atoms with Gasteiger partial charge < -0.3 is 11.2 Å². The van der Waals surface area contributed by atoms with Crippen LogP contribution in [0.1, 0.15) is 32.2 Å². The van der Waals surface area contributed by atoms with Gasteiger partial charge >= 0.3 is 0 Å². The first kappa shape index (κ1) is 19.0. The number of aromatic nitrogens is 5. The lowest BCUT2D eigenvalue weighted by molar-refractivity contribution is -0.126. The molecule has 0 saturated carbocycles. The van der Waals surface area contributed by atoms with E-state index in [4.69, 9.17) is 5.84 Å². The maximum atomic E-state index is 12.1. The van der Waals surface area contributed by atoms with E-state index in [0.29, 0.717) is 11.1 Å². The lowest BCUT2D eigenvalue weighted by atomic mass is 10.0. The molecule has 0 aromatic carbocycles. The minimum atomic E-state index is -0.492. The summed E-state index contributed by atoms with van der Waals surface area (Å²) in [4.78, 5) is 23.6. The Morgan fingerprint density at radius 1 is 1.32 bits per heavy atom. The van der Waals surface area contributed by atoms with E-state index in [9.17, 15) is 9.59 Å². The number of nitrogens with zero attached hydrogens (tertiary/aromatic N) is 5. The zero-order valence-electron chi connectivity index (χ0n) is 15.0. The molecular formula is C15H23N7O2S. The van der Waals surface area contributed by atoms with E-state index in [0.717, 1.165) is 23.1 Å². The van der Waals surface area contributed by atoms with Crippen molar-refractivity contribution in [2.24, 2.45) is 5.92 Å². The fourth-order valence-corrected chi connectivity index (χ4v) is 3.09. The number of Topliss-reactive ketones (excluding diaryl/α,β-unsaturated/α-hetero) is 1. The molecule has 0 spiro atoms. The topological polar surface area (TPSA) is 121 Å². The van der Waals surface area contributed by atoms with E-state index >= 15 is 0 Å². The minimum absolute atomic E-state index is 0.0299. The number of nitrogen functional groups attached to an aromatic ring is 1. The van der Waals surface area contributed by atoms with Crippen molar-refractivity contribution >= 4 is 23.5 Å². The number of hydrogen-bond acceptors (Lipinski definition) is 7. The van der Waals surface area contributed by atoms with Crippen LogP contribution in [0, 0.1) is 19.8 Å². The van der Waals surface area contributed by atoms with Crippen molar-refractivity contribution in [3.8, 4) is 5.95 Å². The summed E-state index contributed by atoms with van der Waals surface area (Å²) in [7, 11) is 0. The number of rotatable bonds is 7. The Balaban J connectivity index is 2.04. The molecule has 2 aromatic rings. The van der Waals surface area contributed by atoms with Crippen LogP contribution in [0.4, 0.5) is 0 Å². The molecule has 0 aliphatic heterocycles. The van der Waals surface area contributed by atoms with Gasteiger partial charge in [-0.15, -0.1) is 10.2 Å². The second-order valence-corrected chi connectivity index (χ2v) is 7.12. The lowest BCUT2D eigenvalue weighted by Gasteiger charge is -2.19. The number of nitrogens with one attached hydrogen (secondary N) is 1. The number of amides is 1.